The molecule has 6 heteroatoms. The number of hydrogen-bond donors (Lipinski definition) is 1. The van der Waals surface area contributed by atoms with Gasteiger partial charge in [0.2, 0.25) is 10.0 Å². The lowest BCUT2D eigenvalue weighted by Crippen LogP contribution is -2.36. The number of nitrogens with zero attached hydrogens (tertiary/aromatic N) is 1. The lowest BCUT2D eigenvalue weighted by Gasteiger charge is -2.25. The molecule has 0 aliphatic heterocycles. The largest absolute Gasteiger partial charge is 0.397 e. The van der Waals surface area contributed by atoms with Crippen molar-refractivity contribution in [1.82, 2.24) is 4.31 Å². The van der Waals surface area contributed by atoms with Gasteiger partial charge in [-0.3, -0.25) is 0 Å². The normalized spacial score (nSPS) is 12.4. The quantitative estimate of drug-likeness (QED) is 0.850. The first-order valence-corrected chi connectivity index (χ1v) is 8.11. The third-order valence-electron chi connectivity index (χ3n) is 3.39. The molecule has 1 rings (SSSR count). The molecule has 0 aliphatic rings. The summed E-state index contributed by atoms with van der Waals surface area (Å²) in [6, 6.07) is 2.97. The zero-order chi connectivity index (χ0) is 14.8. The molecule has 108 valence electrons. The number of benzene rings is 1. The SMILES string of the molecule is CCC(CC)N(C)S(=O)(=O)c1cc(C)c(Cl)c(N)c1. The molecule has 0 heterocycles. The zero-order valence-corrected chi connectivity index (χ0v) is 13.3. The summed E-state index contributed by atoms with van der Waals surface area (Å²) in [5.41, 5.74) is 6.70. The third-order valence-corrected chi connectivity index (χ3v) is 5.79. The van der Waals surface area contributed by atoms with Gasteiger partial charge in [-0.1, -0.05) is 25.4 Å². The van der Waals surface area contributed by atoms with E-state index in [1.54, 1.807) is 20.0 Å². The second-order valence-corrected chi connectivity index (χ2v) is 7.01. The Hall–Kier alpha value is -0.780. The van der Waals surface area contributed by atoms with E-state index < -0.39 is 10.0 Å². The van der Waals surface area contributed by atoms with Crippen molar-refractivity contribution in [1.29, 1.82) is 0 Å². The van der Waals surface area contributed by atoms with Crippen molar-refractivity contribution in [3.05, 3.63) is 22.7 Å². The first-order valence-electron chi connectivity index (χ1n) is 6.29. The summed E-state index contributed by atoms with van der Waals surface area (Å²) in [7, 11) is -1.93. The predicted octanol–water partition coefficient (Wildman–Crippen LogP) is 3.04. The molecule has 1 aromatic rings. The Morgan fingerprint density at radius 3 is 2.26 bits per heavy atom. The Labute approximate surface area is 120 Å². The predicted molar refractivity (Wildman–Crippen MR) is 79.9 cm³/mol. The standard InChI is InChI=1S/C13H21ClN2O2S/c1-5-10(6-2)16(4)19(17,18)11-7-9(3)13(14)12(15)8-11/h7-8,10H,5-6,15H2,1-4H3. The maximum absolute atomic E-state index is 12.5. The molecule has 2 N–H and O–H groups in total. The van der Waals surface area contributed by atoms with Crippen LogP contribution in [-0.4, -0.2) is 25.8 Å². The topological polar surface area (TPSA) is 63.4 Å². The van der Waals surface area contributed by atoms with Gasteiger partial charge >= 0.3 is 0 Å². The molecular formula is C13H21ClN2O2S. The number of nitrogens with two attached hydrogens (primary N) is 1. The van der Waals surface area contributed by atoms with Crippen LogP contribution in [0.5, 0.6) is 0 Å². The van der Waals surface area contributed by atoms with Gasteiger partial charge in [0.05, 0.1) is 15.6 Å². The van der Waals surface area contributed by atoms with Crippen molar-refractivity contribution in [2.75, 3.05) is 12.8 Å². The van der Waals surface area contributed by atoms with Gasteiger partial charge in [0.1, 0.15) is 0 Å². The van der Waals surface area contributed by atoms with E-state index >= 15 is 0 Å². The molecule has 0 aliphatic carbocycles. The van der Waals surface area contributed by atoms with Crippen LogP contribution in [0.25, 0.3) is 0 Å². The van der Waals surface area contributed by atoms with Gasteiger partial charge in [0.25, 0.3) is 0 Å². The van der Waals surface area contributed by atoms with E-state index in [-0.39, 0.29) is 16.6 Å². The first kappa shape index (κ1) is 16.3. The molecule has 0 fully saturated rings. The highest BCUT2D eigenvalue weighted by molar-refractivity contribution is 7.89. The highest BCUT2D eigenvalue weighted by Gasteiger charge is 2.26. The molecule has 0 saturated heterocycles. The summed E-state index contributed by atoms with van der Waals surface area (Å²) in [5.74, 6) is 0. The summed E-state index contributed by atoms with van der Waals surface area (Å²) >= 11 is 5.96. The van der Waals surface area contributed by atoms with Crippen molar-refractivity contribution in [3.8, 4) is 0 Å². The number of hydrogen-bond acceptors (Lipinski definition) is 3. The van der Waals surface area contributed by atoms with Gasteiger partial charge < -0.3 is 5.73 Å². The van der Waals surface area contributed by atoms with E-state index in [0.717, 1.165) is 12.8 Å². The van der Waals surface area contributed by atoms with E-state index in [1.807, 2.05) is 13.8 Å². The van der Waals surface area contributed by atoms with Crippen molar-refractivity contribution >= 4 is 27.3 Å². The van der Waals surface area contributed by atoms with E-state index in [9.17, 15) is 8.42 Å². The molecule has 0 aromatic heterocycles. The molecule has 4 nitrogen and oxygen atoms in total. The molecule has 19 heavy (non-hydrogen) atoms. The van der Waals surface area contributed by atoms with Gasteiger partial charge in [-0.15, -0.1) is 0 Å². The van der Waals surface area contributed by atoms with E-state index in [2.05, 4.69) is 0 Å². The molecule has 1 aromatic carbocycles. The minimum atomic E-state index is -3.53. The van der Waals surface area contributed by atoms with Crippen LogP contribution in [0.1, 0.15) is 32.3 Å². The molecular weight excluding hydrogens is 284 g/mol. The van der Waals surface area contributed by atoms with Crippen LogP contribution in [-0.2, 0) is 10.0 Å². The maximum atomic E-state index is 12.5. The van der Waals surface area contributed by atoms with Gasteiger partial charge in [-0.25, -0.2) is 8.42 Å². The van der Waals surface area contributed by atoms with Crippen LogP contribution in [0.2, 0.25) is 5.02 Å². The summed E-state index contributed by atoms with van der Waals surface area (Å²) < 4.78 is 26.5. The Bertz CT molecular complexity index is 531. The molecule has 0 unspecified atom stereocenters. The highest BCUT2D eigenvalue weighted by Crippen LogP contribution is 2.29. The van der Waals surface area contributed by atoms with E-state index in [4.69, 9.17) is 17.3 Å². The molecule has 0 saturated carbocycles. The third kappa shape index (κ3) is 3.22. The number of halogens is 1. The van der Waals surface area contributed by atoms with Crippen molar-refractivity contribution in [2.45, 2.75) is 44.6 Å². The second-order valence-electron chi connectivity index (χ2n) is 4.63. The maximum Gasteiger partial charge on any atom is 0.243 e. The van der Waals surface area contributed by atoms with Gasteiger partial charge in [-0.05, 0) is 37.5 Å². The van der Waals surface area contributed by atoms with E-state index in [1.165, 1.54) is 10.4 Å². The van der Waals surface area contributed by atoms with Crippen molar-refractivity contribution in [2.24, 2.45) is 0 Å². The fourth-order valence-electron chi connectivity index (χ4n) is 2.08. The summed E-state index contributed by atoms with van der Waals surface area (Å²) in [5, 5.41) is 0.407. The highest BCUT2D eigenvalue weighted by atomic mass is 35.5. The lowest BCUT2D eigenvalue weighted by atomic mass is 10.2. The average molecular weight is 305 g/mol. The van der Waals surface area contributed by atoms with Gasteiger partial charge in [-0.2, -0.15) is 4.31 Å². The van der Waals surface area contributed by atoms with Crippen LogP contribution in [0.4, 0.5) is 5.69 Å². The summed E-state index contributed by atoms with van der Waals surface area (Å²) in [6.07, 6.45) is 1.54. The summed E-state index contributed by atoms with van der Waals surface area (Å²) in [6.45, 7) is 5.69. The van der Waals surface area contributed by atoms with Gasteiger partial charge in [0.15, 0.2) is 0 Å². The summed E-state index contributed by atoms with van der Waals surface area (Å²) in [4.78, 5) is 0.196. The van der Waals surface area contributed by atoms with Crippen molar-refractivity contribution in [3.63, 3.8) is 0 Å². The van der Waals surface area contributed by atoms with Crippen molar-refractivity contribution < 1.29 is 8.42 Å². The monoisotopic (exact) mass is 304 g/mol. The molecule has 0 atom stereocenters. The smallest absolute Gasteiger partial charge is 0.243 e. The Balaban J connectivity index is 3.28. The number of rotatable bonds is 5. The minimum Gasteiger partial charge on any atom is -0.397 e. The average Bonchev–Trinajstić information content (AvgIpc) is 2.36. The first-order chi connectivity index (χ1) is 8.75. The molecule has 0 bridgehead atoms. The van der Waals surface area contributed by atoms with Crippen LogP contribution in [0.3, 0.4) is 0 Å². The Kier molecular flexibility index (Phi) is 5.24. The lowest BCUT2D eigenvalue weighted by molar-refractivity contribution is 0.349. The number of aryl methyl sites for hydroxylation is 1. The van der Waals surface area contributed by atoms with Gasteiger partial charge in [0, 0.05) is 13.1 Å². The molecule has 0 radical (unpaired) electrons. The van der Waals surface area contributed by atoms with Crippen LogP contribution in [0, 0.1) is 6.92 Å². The molecule has 0 spiro atoms. The second kappa shape index (κ2) is 6.11. The van der Waals surface area contributed by atoms with Crippen LogP contribution in [0.15, 0.2) is 17.0 Å². The zero-order valence-electron chi connectivity index (χ0n) is 11.8. The fraction of sp³-hybridized carbons (Fsp3) is 0.538. The number of sulfonamides is 1. The Morgan fingerprint density at radius 1 is 1.32 bits per heavy atom. The number of anilines is 1. The Morgan fingerprint density at radius 2 is 1.84 bits per heavy atom. The van der Waals surface area contributed by atoms with Crippen LogP contribution >= 0.6 is 11.6 Å². The minimum absolute atomic E-state index is 0.0118. The fourth-order valence-corrected chi connectivity index (χ4v) is 3.81. The molecule has 0 amide bonds. The number of nitrogen functional groups attached to an aromatic ring is 1. The van der Waals surface area contributed by atoms with E-state index in [0.29, 0.717) is 10.6 Å². The van der Waals surface area contributed by atoms with Crippen LogP contribution < -0.4 is 5.73 Å².